The summed E-state index contributed by atoms with van der Waals surface area (Å²) in [6, 6.07) is 0.776. The van der Waals surface area contributed by atoms with Gasteiger partial charge in [0.1, 0.15) is 5.03 Å². The molecule has 2 N–H and O–H groups in total. The van der Waals surface area contributed by atoms with E-state index in [1.54, 1.807) is 0 Å². The molecule has 1 heterocycles. The Hall–Kier alpha value is -0.840. The number of anilines is 1. The lowest BCUT2D eigenvalue weighted by molar-refractivity contribution is 0.550. The third-order valence-corrected chi connectivity index (χ3v) is 3.59. The van der Waals surface area contributed by atoms with Crippen molar-refractivity contribution in [3.05, 3.63) is 17.7 Å². The molecule has 1 aromatic heterocycles. The molecule has 0 spiro atoms. The van der Waals surface area contributed by atoms with E-state index in [9.17, 15) is 8.78 Å². The molecule has 0 aliphatic rings. The van der Waals surface area contributed by atoms with Crippen LogP contribution in [0.3, 0.4) is 0 Å². The maximum Gasteiger partial charge on any atom is 0.168 e. The quantitative estimate of drug-likeness (QED) is 0.814. The first-order valence-electron chi connectivity index (χ1n) is 4.70. The van der Waals surface area contributed by atoms with Crippen LogP contribution in [-0.2, 0) is 0 Å². The molecule has 0 aliphatic carbocycles. The summed E-state index contributed by atoms with van der Waals surface area (Å²) >= 11 is 1.27. The van der Waals surface area contributed by atoms with Crippen LogP contribution in [0.5, 0.6) is 0 Å². The van der Waals surface area contributed by atoms with Crippen molar-refractivity contribution in [3.63, 3.8) is 0 Å². The molecule has 0 radical (unpaired) electrons. The minimum atomic E-state index is -0.811. The molecule has 1 unspecified atom stereocenters. The van der Waals surface area contributed by atoms with Crippen LogP contribution in [0.1, 0.15) is 20.8 Å². The third-order valence-electron chi connectivity index (χ3n) is 2.16. The smallest absolute Gasteiger partial charge is 0.168 e. The second-order valence-electron chi connectivity index (χ2n) is 3.71. The average Bonchev–Trinajstić information content (AvgIpc) is 2.13. The number of thioether (sulfide) groups is 1. The second-order valence-corrected chi connectivity index (χ2v) is 5.08. The van der Waals surface area contributed by atoms with Gasteiger partial charge in [-0.3, -0.25) is 0 Å². The zero-order valence-electron chi connectivity index (χ0n) is 8.92. The van der Waals surface area contributed by atoms with E-state index < -0.39 is 11.6 Å². The van der Waals surface area contributed by atoms with Gasteiger partial charge in [-0.2, -0.15) is 0 Å². The second kappa shape index (κ2) is 4.79. The van der Waals surface area contributed by atoms with E-state index in [0.29, 0.717) is 5.92 Å². The van der Waals surface area contributed by atoms with Crippen LogP contribution in [0.25, 0.3) is 0 Å². The SMILES string of the molecule is CC(C)C(C)Sc1nc(N)c(F)cc1F. The van der Waals surface area contributed by atoms with Gasteiger partial charge < -0.3 is 5.73 Å². The van der Waals surface area contributed by atoms with Gasteiger partial charge in [-0.1, -0.05) is 32.5 Å². The minimum Gasteiger partial charge on any atom is -0.381 e. The molecule has 0 amide bonds. The van der Waals surface area contributed by atoms with Gasteiger partial charge in [0.2, 0.25) is 0 Å². The average molecular weight is 232 g/mol. The van der Waals surface area contributed by atoms with E-state index in [2.05, 4.69) is 4.98 Å². The van der Waals surface area contributed by atoms with E-state index in [-0.39, 0.29) is 16.1 Å². The number of nitrogen functional groups attached to an aromatic ring is 1. The summed E-state index contributed by atoms with van der Waals surface area (Å²) in [5.74, 6) is -1.33. The number of aromatic nitrogens is 1. The van der Waals surface area contributed by atoms with E-state index >= 15 is 0 Å². The minimum absolute atomic E-state index is 0.162. The molecule has 84 valence electrons. The zero-order chi connectivity index (χ0) is 11.6. The van der Waals surface area contributed by atoms with Gasteiger partial charge in [-0.05, 0) is 5.92 Å². The van der Waals surface area contributed by atoms with E-state index in [4.69, 9.17) is 5.73 Å². The van der Waals surface area contributed by atoms with Gasteiger partial charge in [-0.25, -0.2) is 13.8 Å². The van der Waals surface area contributed by atoms with Crippen molar-refractivity contribution in [2.75, 3.05) is 5.73 Å². The Balaban J connectivity index is 2.91. The monoisotopic (exact) mass is 232 g/mol. The molecule has 0 saturated carbocycles. The predicted octanol–water partition coefficient (Wildman–Crippen LogP) is 3.08. The van der Waals surface area contributed by atoms with E-state index in [0.717, 1.165) is 6.07 Å². The van der Waals surface area contributed by atoms with Gasteiger partial charge in [0.25, 0.3) is 0 Å². The fourth-order valence-corrected chi connectivity index (χ4v) is 1.80. The van der Waals surface area contributed by atoms with Gasteiger partial charge in [0.15, 0.2) is 17.5 Å². The summed E-state index contributed by atoms with van der Waals surface area (Å²) in [4.78, 5) is 3.69. The largest absolute Gasteiger partial charge is 0.381 e. The molecule has 1 atom stereocenters. The number of halogens is 2. The topological polar surface area (TPSA) is 38.9 Å². The van der Waals surface area contributed by atoms with Crippen molar-refractivity contribution in [2.24, 2.45) is 5.92 Å². The zero-order valence-corrected chi connectivity index (χ0v) is 9.74. The first-order valence-corrected chi connectivity index (χ1v) is 5.58. The van der Waals surface area contributed by atoms with Gasteiger partial charge in [0.05, 0.1) is 0 Å². The molecule has 5 heteroatoms. The maximum absolute atomic E-state index is 13.3. The molecule has 0 saturated heterocycles. The summed E-state index contributed by atoms with van der Waals surface area (Å²) in [6.45, 7) is 6.03. The first kappa shape index (κ1) is 12.2. The molecule has 1 rings (SSSR count). The van der Waals surface area contributed by atoms with Gasteiger partial charge >= 0.3 is 0 Å². The lowest BCUT2D eigenvalue weighted by Gasteiger charge is -2.14. The predicted molar refractivity (Wildman–Crippen MR) is 58.7 cm³/mol. The molecular weight excluding hydrogens is 218 g/mol. The van der Waals surface area contributed by atoms with Crippen LogP contribution in [0.4, 0.5) is 14.6 Å². The summed E-state index contributed by atoms with van der Waals surface area (Å²) in [6.07, 6.45) is 0. The molecule has 0 aliphatic heterocycles. The number of rotatable bonds is 3. The van der Waals surface area contributed by atoms with Crippen molar-refractivity contribution >= 4 is 17.6 Å². The highest BCUT2D eigenvalue weighted by molar-refractivity contribution is 7.99. The van der Waals surface area contributed by atoms with Crippen molar-refractivity contribution < 1.29 is 8.78 Å². The highest BCUT2D eigenvalue weighted by atomic mass is 32.2. The molecule has 1 aromatic rings. The van der Waals surface area contributed by atoms with Crippen molar-refractivity contribution in [3.8, 4) is 0 Å². The number of nitrogens with two attached hydrogens (primary N) is 1. The standard InChI is InChI=1S/C10H14F2N2S/c1-5(2)6(3)15-10-8(12)4-7(11)9(13)14-10/h4-6H,1-3H3,(H2,13,14). The van der Waals surface area contributed by atoms with Crippen LogP contribution in [0, 0.1) is 17.6 Å². The molecule has 15 heavy (non-hydrogen) atoms. The summed E-state index contributed by atoms with van der Waals surface area (Å²) in [5.41, 5.74) is 5.28. The van der Waals surface area contributed by atoms with Crippen LogP contribution < -0.4 is 5.73 Å². The highest BCUT2D eigenvalue weighted by Crippen LogP contribution is 2.29. The van der Waals surface area contributed by atoms with Crippen LogP contribution in [0.2, 0.25) is 0 Å². The fraction of sp³-hybridized carbons (Fsp3) is 0.500. The van der Waals surface area contributed by atoms with Gasteiger partial charge in [-0.15, -0.1) is 0 Å². The highest BCUT2D eigenvalue weighted by Gasteiger charge is 2.15. The number of hydrogen-bond donors (Lipinski definition) is 1. The molecule has 2 nitrogen and oxygen atoms in total. The Kier molecular flexibility index (Phi) is 3.90. The van der Waals surface area contributed by atoms with Crippen LogP contribution >= 0.6 is 11.8 Å². The van der Waals surface area contributed by atoms with Crippen molar-refractivity contribution in [1.82, 2.24) is 4.98 Å². The number of hydrogen-bond acceptors (Lipinski definition) is 3. The van der Waals surface area contributed by atoms with E-state index in [1.807, 2.05) is 20.8 Å². The lowest BCUT2D eigenvalue weighted by Crippen LogP contribution is -2.07. The van der Waals surface area contributed by atoms with Gasteiger partial charge in [0, 0.05) is 11.3 Å². The van der Waals surface area contributed by atoms with Crippen LogP contribution in [0.15, 0.2) is 11.1 Å². The third kappa shape index (κ3) is 3.06. The number of pyridine rings is 1. The molecular formula is C10H14F2N2S. The Labute approximate surface area is 92.3 Å². The number of nitrogens with zero attached hydrogens (tertiary/aromatic N) is 1. The normalized spacial score (nSPS) is 13.2. The Morgan fingerprint density at radius 1 is 1.27 bits per heavy atom. The molecule has 0 bridgehead atoms. The van der Waals surface area contributed by atoms with E-state index in [1.165, 1.54) is 11.8 Å². The molecule has 0 fully saturated rings. The Morgan fingerprint density at radius 2 is 1.87 bits per heavy atom. The first-order chi connectivity index (χ1) is 6.91. The molecule has 0 aromatic carbocycles. The lowest BCUT2D eigenvalue weighted by atomic mass is 10.2. The summed E-state index contributed by atoms with van der Waals surface area (Å²) in [5, 5.41) is 0.368. The maximum atomic E-state index is 13.3. The Bertz CT molecular complexity index is 356. The Morgan fingerprint density at radius 3 is 2.40 bits per heavy atom. The summed E-state index contributed by atoms with van der Waals surface area (Å²) in [7, 11) is 0. The van der Waals surface area contributed by atoms with Crippen molar-refractivity contribution in [1.29, 1.82) is 0 Å². The fourth-order valence-electron chi connectivity index (χ4n) is 0.858. The van der Waals surface area contributed by atoms with Crippen LogP contribution in [-0.4, -0.2) is 10.2 Å². The summed E-state index contributed by atoms with van der Waals surface area (Å²) < 4.78 is 26.1. The van der Waals surface area contributed by atoms with Crippen molar-refractivity contribution in [2.45, 2.75) is 31.0 Å².